The molecule has 0 saturated carbocycles. The Morgan fingerprint density at radius 3 is 2.44 bits per heavy atom. The Kier molecular flexibility index (Phi) is 4.62. The smallest absolute Gasteiger partial charge is 0.141 e. The van der Waals surface area contributed by atoms with Crippen LogP contribution in [0.5, 0.6) is 11.5 Å². The summed E-state index contributed by atoms with van der Waals surface area (Å²) in [5.41, 5.74) is 0.917. The lowest BCUT2D eigenvalue weighted by Gasteiger charge is -2.15. The summed E-state index contributed by atoms with van der Waals surface area (Å²) in [5, 5.41) is 0.524. The van der Waals surface area contributed by atoms with Gasteiger partial charge in [-0.05, 0) is 17.5 Å². The summed E-state index contributed by atoms with van der Waals surface area (Å²) in [6, 6.07) is 3.52. The Morgan fingerprint density at radius 2 is 1.94 bits per heavy atom. The van der Waals surface area contributed by atoms with Gasteiger partial charge in [-0.25, -0.2) is 0 Å². The van der Waals surface area contributed by atoms with Crippen molar-refractivity contribution < 1.29 is 14.3 Å². The van der Waals surface area contributed by atoms with Gasteiger partial charge in [0.05, 0.1) is 19.2 Å². The summed E-state index contributed by atoms with van der Waals surface area (Å²) in [6.45, 7) is 1.95. The topological polar surface area (TPSA) is 35.5 Å². The fraction of sp³-hybridized carbons (Fsp3) is 0.417. The van der Waals surface area contributed by atoms with Crippen molar-refractivity contribution in [2.24, 2.45) is 0 Å². The molecule has 4 heteroatoms. The van der Waals surface area contributed by atoms with Gasteiger partial charge in [-0.2, -0.15) is 0 Å². The first-order valence-electron chi connectivity index (χ1n) is 4.99. The van der Waals surface area contributed by atoms with E-state index in [1.54, 1.807) is 26.4 Å². The molecule has 0 amide bonds. The molecule has 0 spiro atoms. The minimum absolute atomic E-state index is 0.0795. The molecule has 1 rings (SSSR count). The highest BCUT2D eigenvalue weighted by Gasteiger charge is 2.15. The summed E-state index contributed by atoms with van der Waals surface area (Å²) in [4.78, 5) is 10.5. The summed E-state index contributed by atoms with van der Waals surface area (Å²) in [6.07, 6.45) is 1.33. The second-order valence-corrected chi connectivity index (χ2v) is 3.94. The van der Waals surface area contributed by atoms with E-state index in [1.165, 1.54) is 0 Å². The van der Waals surface area contributed by atoms with Gasteiger partial charge in [-0.15, -0.1) is 0 Å². The van der Waals surface area contributed by atoms with Crippen molar-refractivity contribution in [2.75, 3.05) is 14.2 Å². The van der Waals surface area contributed by atoms with E-state index >= 15 is 0 Å². The molecule has 1 aromatic rings. The molecule has 0 aromatic heterocycles. The van der Waals surface area contributed by atoms with E-state index in [-0.39, 0.29) is 5.92 Å². The third kappa shape index (κ3) is 2.67. The van der Waals surface area contributed by atoms with Crippen molar-refractivity contribution in [3.8, 4) is 11.5 Å². The SMILES string of the molecule is COc1cc(OC)c(C(C)CC=O)cc1Cl. The van der Waals surface area contributed by atoms with Gasteiger partial charge in [0.2, 0.25) is 0 Å². The normalized spacial score (nSPS) is 12.0. The van der Waals surface area contributed by atoms with Crippen LogP contribution < -0.4 is 9.47 Å². The molecular formula is C12H15ClO3. The zero-order chi connectivity index (χ0) is 12.1. The molecule has 0 N–H and O–H groups in total. The average molecular weight is 243 g/mol. The average Bonchev–Trinajstić information content (AvgIpc) is 2.29. The van der Waals surface area contributed by atoms with Crippen molar-refractivity contribution in [3.63, 3.8) is 0 Å². The molecule has 1 aromatic carbocycles. The van der Waals surface area contributed by atoms with Crippen LogP contribution in [0.1, 0.15) is 24.8 Å². The molecule has 3 nitrogen and oxygen atoms in total. The predicted octanol–water partition coefficient (Wildman–Crippen LogP) is 3.05. The van der Waals surface area contributed by atoms with E-state index in [0.29, 0.717) is 22.9 Å². The van der Waals surface area contributed by atoms with Crippen molar-refractivity contribution in [1.29, 1.82) is 0 Å². The molecule has 0 heterocycles. The van der Waals surface area contributed by atoms with E-state index in [1.807, 2.05) is 6.92 Å². The first-order chi connectivity index (χ1) is 7.63. The van der Waals surface area contributed by atoms with Crippen molar-refractivity contribution in [3.05, 3.63) is 22.7 Å². The third-order valence-electron chi connectivity index (χ3n) is 2.48. The number of methoxy groups -OCH3 is 2. The number of ether oxygens (including phenoxy) is 2. The fourth-order valence-corrected chi connectivity index (χ4v) is 1.79. The minimum atomic E-state index is 0.0795. The van der Waals surface area contributed by atoms with Gasteiger partial charge in [-0.3, -0.25) is 0 Å². The number of carbonyl (C=O) groups excluding carboxylic acids is 1. The van der Waals surface area contributed by atoms with E-state index in [2.05, 4.69) is 0 Å². The Hall–Kier alpha value is -1.22. The molecule has 1 atom stereocenters. The zero-order valence-electron chi connectivity index (χ0n) is 9.62. The fourth-order valence-electron chi connectivity index (χ4n) is 1.54. The number of hydrogen-bond acceptors (Lipinski definition) is 3. The monoisotopic (exact) mass is 242 g/mol. The lowest BCUT2D eigenvalue weighted by Crippen LogP contribution is -1.99. The standard InChI is InChI=1S/C12H15ClO3/c1-8(4-5-14)9-6-10(13)12(16-3)7-11(9)15-2/h5-8H,4H2,1-3H3. The molecule has 0 aliphatic carbocycles. The predicted molar refractivity (Wildman–Crippen MR) is 63.7 cm³/mol. The van der Waals surface area contributed by atoms with Crippen molar-refractivity contribution in [1.82, 2.24) is 0 Å². The molecule has 0 aliphatic rings. The van der Waals surface area contributed by atoms with E-state index in [9.17, 15) is 4.79 Å². The second kappa shape index (κ2) is 5.75. The number of halogens is 1. The van der Waals surface area contributed by atoms with E-state index in [0.717, 1.165) is 11.8 Å². The van der Waals surface area contributed by atoms with Crippen LogP contribution in [0.25, 0.3) is 0 Å². The van der Waals surface area contributed by atoms with Gasteiger partial charge < -0.3 is 14.3 Å². The van der Waals surface area contributed by atoms with Crippen LogP contribution in [0, 0.1) is 0 Å². The van der Waals surface area contributed by atoms with E-state index in [4.69, 9.17) is 21.1 Å². The van der Waals surface area contributed by atoms with Crippen LogP contribution in [0.15, 0.2) is 12.1 Å². The zero-order valence-corrected chi connectivity index (χ0v) is 10.4. The van der Waals surface area contributed by atoms with Gasteiger partial charge in [0.25, 0.3) is 0 Å². The lowest BCUT2D eigenvalue weighted by atomic mass is 9.97. The number of carbonyl (C=O) groups is 1. The van der Waals surface area contributed by atoms with Crippen LogP contribution in [-0.2, 0) is 4.79 Å². The first kappa shape index (κ1) is 12.8. The summed E-state index contributed by atoms with van der Waals surface area (Å²) < 4.78 is 10.4. The molecule has 0 saturated heterocycles. The highest BCUT2D eigenvalue weighted by molar-refractivity contribution is 6.32. The minimum Gasteiger partial charge on any atom is -0.496 e. The highest BCUT2D eigenvalue weighted by Crippen LogP contribution is 2.36. The second-order valence-electron chi connectivity index (χ2n) is 3.53. The van der Waals surface area contributed by atoms with Crippen molar-refractivity contribution in [2.45, 2.75) is 19.3 Å². The first-order valence-corrected chi connectivity index (χ1v) is 5.36. The molecule has 0 radical (unpaired) electrons. The molecule has 0 aliphatic heterocycles. The van der Waals surface area contributed by atoms with Crippen LogP contribution in [0.3, 0.4) is 0 Å². The largest absolute Gasteiger partial charge is 0.496 e. The third-order valence-corrected chi connectivity index (χ3v) is 2.78. The van der Waals surface area contributed by atoms with Crippen LogP contribution in [0.2, 0.25) is 5.02 Å². The molecule has 88 valence electrons. The Labute approximate surface area is 100 Å². The van der Waals surface area contributed by atoms with Crippen LogP contribution >= 0.6 is 11.6 Å². The van der Waals surface area contributed by atoms with Gasteiger partial charge in [-0.1, -0.05) is 18.5 Å². The molecular weight excluding hydrogens is 228 g/mol. The van der Waals surface area contributed by atoms with E-state index < -0.39 is 0 Å². The molecule has 0 fully saturated rings. The molecule has 1 unspecified atom stereocenters. The maximum absolute atomic E-state index is 10.5. The number of aldehydes is 1. The quantitative estimate of drug-likeness (QED) is 0.745. The maximum atomic E-state index is 10.5. The lowest BCUT2D eigenvalue weighted by molar-refractivity contribution is -0.108. The van der Waals surface area contributed by atoms with Gasteiger partial charge in [0, 0.05) is 12.5 Å². The Morgan fingerprint density at radius 1 is 1.31 bits per heavy atom. The van der Waals surface area contributed by atoms with Crippen LogP contribution in [0.4, 0.5) is 0 Å². The highest BCUT2D eigenvalue weighted by atomic mass is 35.5. The number of rotatable bonds is 5. The number of hydrogen-bond donors (Lipinski definition) is 0. The molecule has 0 bridgehead atoms. The molecule has 16 heavy (non-hydrogen) atoms. The maximum Gasteiger partial charge on any atom is 0.141 e. The summed E-state index contributed by atoms with van der Waals surface area (Å²) >= 11 is 6.03. The Bertz CT molecular complexity index is 377. The van der Waals surface area contributed by atoms with Crippen LogP contribution in [-0.4, -0.2) is 20.5 Å². The summed E-state index contributed by atoms with van der Waals surface area (Å²) in [5.74, 6) is 1.34. The Balaban J connectivity index is 3.17. The van der Waals surface area contributed by atoms with Crippen molar-refractivity contribution >= 4 is 17.9 Å². The van der Waals surface area contributed by atoms with Gasteiger partial charge in [0.1, 0.15) is 17.8 Å². The summed E-state index contributed by atoms with van der Waals surface area (Å²) in [7, 11) is 3.13. The number of benzene rings is 1. The van der Waals surface area contributed by atoms with Gasteiger partial charge >= 0.3 is 0 Å². The van der Waals surface area contributed by atoms with Gasteiger partial charge in [0.15, 0.2) is 0 Å².